The second kappa shape index (κ2) is 10.6. The largest absolute Gasteiger partial charge is 0.385 e. The van der Waals surface area contributed by atoms with Gasteiger partial charge in [0.1, 0.15) is 12.4 Å². The summed E-state index contributed by atoms with van der Waals surface area (Å²) in [6, 6.07) is 7.81. The van der Waals surface area contributed by atoms with Crippen molar-refractivity contribution in [1.29, 1.82) is 0 Å². The maximum absolute atomic E-state index is 12.3. The maximum atomic E-state index is 12.3. The molecule has 2 N–H and O–H groups in total. The third kappa shape index (κ3) is 5.84. The highest BCUT2D eigenvalue weighted by Crippen LogP contribution is 2.17. The number of rotatable bonds is 11. The Morgan fingerprint density at radius 2 is 1.85 bits per heavy atom. The van der Waals surface area contributed by atoms with E-state index >= 15 is 0 Å². The van der Waals surface area contributed by atoms with Crippen LogP contribution in [0.2, 0.25) is 0 Å². The molecule has 0 aliphatic carbocycles. The number of hydrogen-bond acceptors (Lipinski definition) is 4. The molecule has 1 heterocycles. The van der Waals surface area contributed by atoms with Crippen molar-refractivity contribution in [2.24, 2.45) is 0 Å². The fourth-order valence-electron chi connectivity index (χ4n) is 2.74. The van der Waals surface area contributed by atoms with E-state index in [0.29, 0.717) is 32.5 Å². The molecule has 0 atom stereocenters. The predicted molar refractivity (Wildman–Crippen MR) is 101 cm³/mol. The standard InChI is InChI=1S/C19H28N4O3/c1-3-18(24)20-11-6-10-17-22-15-8-4-5-9-16(15)23(17)14-19(25)21-12-7-13-26-2/h4-5,8-9H,3,6-7,10-14H2,1-2H3,(H,20,24)(H,21,25). The number of carbonyl (C=O) groups excluding carboxylic acids is 2. The molecule has 26 heavy (non-hydrogen) atoms. The van der Waals surface area contributed by atoms with Crippen molar-refractivity contribution in [1.82, 2.24) is 20.2 Å². The number of aryl methyl sites for hydroxylation is 1. The van der Waals surface area contributed by atoms with Crippen LogP contribution >= 0.6 is 0 Å². The Balaban J connectivity index is 2.00. The minimum atomic E-state index is -0.0372. The lowest BCUT2D eigenvalue weighted by Gasteiger charge is -2.10. The second-order valence-electron chi connectivity index (χ2n) is 6.11. The molecule has 0 bridgehead atoms. The van der Waals surface area contributed by atoms with Crippen LogP contribution in [-0.4, -0.2) is 48.2 Å². The van der Waals surface area contributed by atoms with Crippen LogP contribution in [0.3, 0.4) is 0 Å². The van der Waals surface area contributed by atoms with E-state index < -0.39 is 0 Å². The van der Waals surface area contributed by atoms with Gasteiger partial charge in [-0.25, -0.2) is 4.98 Å². The smallest absolute Gasteiger partial charge is 0.240 e. The van der Waals surface area contributed by atoms with E-state index in [1.54, 1.807) is 7.11 Å². The zero-order valence-electron chi connectivity index (χ0n) is 15.6. The lowest BCUT2D eigenvalue weighted by atomic mass is 10.3. The van der Waals surface area contributed by atoms with Gasteiger partial charge in [0.05, 0.1) is 11.0 Å². The fourth-order valence-corrected chi connectivity index (χ4v) is 2.74. The van der Waals surface area contributed by atoms with E-state index in [4.69, 9.17) is 4.74 Å². The normalized spacial score (nSPS) is 10.8. The Kier molecular flexibility index (Phi) is 8.08. The van der Waals surface area contributed by atoms with E-state index in [-0.39, 0.29) is 18.4 Å². The van der Waals surface area contributed by atoms with Crippen LogP contribution in [0.5, 0.6) is 0 Å². The van der Waals surface area contributed by atoms with Crippen LogP contribution in [0, 0.1) is 0 Å². The highest BCUT2D eigenvalue weighted by Gasteiger charge is 2.13. The number of para-hydroxylation sites is 2. The van der Waals surface area contributed by atoms with Crippen LogP contribution in [0.1, 0.15) is 32.0 Å². The van der Waals surface area contributed by atoms with E-state index in [1.807, 2.05) is 35.8 Å². The summed E-state index contributed by atoms with van der Waals surface area (Å²) in [5.74, 6) is 0.878. The Bertz CT molecular complexity index is 727. The summed E-state index contributed by atoms with van der Waals surface area (Å²) in [6.45, 7) is 3.91. The fraction of sp³-hybridized carbons (Fsp3) is 0.526. The third-order valence-corrected chi connectivity index (χ3v) is 4.10. The Labute approximate surface area is 154 Å². The highest BCUT2D eigenvalue weighted by molar-refractivity contribution is 5.81. The molecule has 2 rings (SSSR count). The average Bonchev–Trinajstić information content (AvgIpc) is 2.99. The molecule has 0 unspecified atom stereocenters. The first kappa shape index (κ1) is 19.9. The summed E-state index contributed by atoms with van der Waals surface area (Å²) >= 11 is 0. The first-order valence-electron chi connectivity index (χ1n) is 9.12. The molecular weight excluding hydrogens is 332 g/mol. The van der Waals surface area contributed by atoms with Crippen LogP contribution in [0.4, 0.5) is 0 Å². The van der Waals surface area contributed by atoms with Crippen molar-refractivity contribution < 1.29 is 14.3 Å². The van der Waals surface area contributed by atoms with Gasteiger partial charge in [-0.1, -0.05) is 19.1 Å². The summed E-state index contributed by atoms with van der Waals surface area (Å²) in [7, 11) is 1.65. The van der Waals surface area contributed by atoms with Gasteiger partial charge in [0.15, 0.2) is 0 Å². The number of benzene rings is 1. The van der Waals surface area contributed by atoms with E-state index in [0.717, 1.165) is 29.7 Å². The lowest BCUT2D eigenvalue weighted by Crippen LogP contribution is -2.29. The summed E-state index contributed by atoms with van der Waals surface area (Å²) in [5, 5.41) is 5.78. The number of aromatic nitrogens is 2. The summed E-state index contributed by atoms with van der Waals surface area (Å²) in [4.78, 5) is 28.3. The average molecular weight is 360 g/mol. The Morgan fingerprint density at radius 3 is 2.62 bits per heavy atom. The number of nitrogens with zero attached hydrogens (tertiary/aromatic N) is 2. The first-order chi connectivity index (χ1) is 12.7. The van der Waals surface area contributed by atoms with Crippen molar-refractivity contribution in [3.63, 3.8) is 0 Å². The molecule has 7 nitrogen and oxygen atoms in total. The van der Waals surface area contributed by atoms with Crippen molar-refractivity contribution >= 4 is 22.8 Å². The van der Waals surface area contributed by atoms with Crippen LogP contribution in [-0.2, 0) is 27.3 Å². The number of methoxy groups -OCH3 is 1. The molecule has 1 aromatic heterocycles. The van der Waals surface area contributed by atoms with Crippen LogP contribution in [0.25, 0.3) is 11.0 Å². The quantitative estimate of drug-likeness (QED) is 0.597. The van der Waals surface area contributed by atoms with Gasteiger partial charge in [-0.15, -0.1) is 0 Å². The summed E-state index contributed by atoms with van der Waals surface area (Å²) in [6.07, 6.45) is 2.76. The Morgan fingerprint density at radius 1 is 1.12 bits per heavy atom. The number of ether oxygens (including phenoxy) is 1. The molecule has 2 aromatic rings. The number of imidazole rings is 1. The summed E-state index contributed by atoms with van der Waals surface area (Å²) < 4.78 is 6.95. The van der Waals surface area contributed by atoms with Crippen molar-refractivity contribution in [3.8, 4) is 0 Å². The van der Waals surface area contributed by atoms with E-state index in [1.165, 1.54) is 0 Å². The van der Waals surface area contributed by atoms with Crippen molar-refractivity contribution in [2.45, 2.75) is 39.2 Å². The van der Waals surface area contributed by atoms with Crippen molar-refractivity contribution in [2.75, 3.05) is 26.8 Å². The SMILES string of the molecule is CCC(=O)NCCCc1nc2ccccc2n1CC(=O)NCCCOC. The molecule has 1 aromatic carbocycles. The Hall–Kier alpha value is -2.41. The van der Waals surface area contributed by atoms with Gasteiger partial charge in [-0.2, -0.15) is 0 Å². The number of fused-ring (bicyclic) bond motifs is 1. The van der Waals surface area contributed by atoms with E-state index in [9.17, 15) is 9.59 Å². The molecule has 0 fully saturated rings. The number of nitrogens with one attached hydrogen (secondary N) is 2. The number of carbonyl (C=O) groups is 2. The first-order valence-corrected chi connectivity index (χ1v) is 9.12. The van der Waals surface area contributed by atoms with Gasteiger partial charge in [-0.3, -0.25) is 9.59 Å². The number of hydrogen-bond donors (Lipinski definition) is 2. The molecule has 142 valence electrons. The summed E-state index contributed by atoms with van der Waals surface area (Å²) in [5.41, 5.74) is 1.83. The molecule has 0 saturated heterocycles. The molecule has 0 saturated carbocycles. The number of amides is 2. The minimum absolute atomic E-state index is 0.0372. The molecule has 7 heteroatoms. The van der Waals surface area contributed by atoms with Gasteiger partial charge >= 0.3 is 0 Å². The monoisotopic (exact) mass is 360 g/mol. The molecule has 2 amide bonds. The topological polar surface area (TPSA) is 85.2 Å². The molecule has 0 aliphatic rings. The highest BCUT2D eigenvalue weighted by atomic mass is 16.5. The molecule has 0 radical (unpaired) electrons. The molecule has 0 spiro atoms. The molecule has 0 aliphatic heterocycles. The van der Waals surface area contributed by atoms with Gasteiger partial charge < -0.3 is 19.9 Å². The second-order valence-corrected chi connectivity index (χ2v) is 6.11. The zero-order valence-corrected chi connectivity index (χ0v) is 15.6. The zero-order chi connectivity index (χ0) is 18.8. The third-order valence-electron chi connectivity index (χ3n) is 4.10. The van der Waals surface area contributed by atoms with Gasteiger partial charge in [0, 0.05) is 39.6 Å². The van der Waals surface area contributed by atoms with Gasteiger partial charge in [-0.05, 0) is 25.0 Å². The molecular formula is C19H28N4O3. The van der Waals surface area contributed by atoms with Gasteiger partial charge in [0.25, 0.3) is 0 Å². The maximum Gasteiger partial charge on any atom is 0.240 e. The van der Waals surface area contributed by atoms with E-state index in [2.05, 4.69) is 15.6 Å². The minimum Gasteiger partial charge on any atom is -0.385 e. The van der Waals surface area contributed by atoms with Crippen LogP contribution in [0.15, 0.2) is 24.3 Å². The predicted octanol–water partition coefficient (Wildman–Crippen LogP) is 1.65. The lowest BCUT2D eigenvalue weighted by molar-refractivity contribution is -0.122. The van der Waals surface area contributed by atoms with Crippen molar-refractivity contribution in [3.05, 3.63) is 30.1 Å². The van der Waals surface area contributed by atoms with Gasteiger partial charge in [0.2, 0.25) is 11.8 Å². The van der Waals surface area contributed by atoms with Crippen LogP contribution < -0.4 is 10.6 Å².